The van der Waals surface area contributed by atoms with Crippen molar-refractivity contribution < 1.29 is 0 Å². The Kier molecular flexibility index (Phi) is 5.75. The highest BCUT2D eigenvalue weighted by Crippen LogP contribution is 2.56. The number of fused-ring (bicyclic) bond motifs is 11. The second kappa shape index (κ2) is 9.94. The van der Waals surface area contributed by atoms with E-state index >= 15 is 0 Å². The molecule has 0 N–H and O–H groups in total. The van der Waals surface area contributed by atoms with Crippen molar-refractivity contribution >= 4 is 49.4 Å². The summed E-state index contributed by atoms with van der Waals surface area (Å²) in [5.41, 5.74) is 14.3. The molecule has 0 aliphatic heterocycles. The highest BCUT2D eigenvalue weighted by Gasteiger charge is 2.39. The molecule has 234 valence electrons. The SMILES string of the molecule is CC1(C)c2ccccc2-c2ccc(N(c3ccc4ccc5c6ccccc6ccc5c4c3)c3cccc4c3-c3ccccc3C4(C)C)cc21. The highest BCUT2D eigenvalue weighted by atomic mass is 15.1. The van der Waals surface area contributed by atoms with E-state index in [0.29, 0.717) is 0 Å². The predicted molar refractivity (Wildman–Crippen MR) is 209 cm³/mol. The summed E-state index contributed by atoms with van der Waals surface area (Å²) in [6.07, 6.45) is 0. The van der Waals surface area contributed by atoms with Gasteiger partial charge < -0.3 is 4.90 Å². The minimum absolute atomic E-state index is 0.0875. The molecule has 8 aromatic carbocycles. The van der Waals surface area contributed by atoms with Gasteiger partial charge >= 0.3 is 0 Å². The average molecular weight is 628 g/mol. The van der Waals surface area contributed by atoms with E-state index in [9.17, 15) is 0 Å². The Bertz CT molecular complexity index is 2670. The van der Waals surface area contributed by atoms with E-state index in [1.165, 1.54) is 88.2 Å². The summed E-state index contributed by atoms with van der Waals surface area (Å²) in [5, 5.41) is 7.67. The van der Waals surface area contributed by atoms with Crippen molar-refractivity contribution in [1.82, 2.24) is 0 Å². The first-order valence-electron chi connectivity index (χ1n) is 17.4. The van der Waals surface area contributed by atoms with Gasteiger partial charge in [-0.15, -0.1) is 0 Å². The van der Waals surface area contributed by atoms with Gasteiger partial charge in [0.2, 0.25) is 0 Å². The van der Waals surface area contributed by atoms with Crippen LogP contribution >= 0.6 is 0 Å². The third-order valence-electron chi connectivity index (χ3n) is 11.6. The molecule has 10 rings (SSSR count). The van der Waals surface area contributed by atoms with Gasteiger partial charge in [-0.05, 0) is 102 Å². The molecule has 0 amide bonds. The van der Waals surface area contributed by atoms with Crippen LogP contribution in [0.15, 0.2) is 152 Å². The van der Waals surface area contributed by atoms with E-state index in [4.69, 9.17) is 0 Å². The van der Waals surface area contributed by atoms with Crippen LogP contribution < -0.4 is 4.90 Å². The number of benzene rings is 8. The van der Waals surface area contributed by atoms with E-state index in [2.05, 4.69) is 184 Å². The van der Waals surface area contributed by atoms with Crippen LogP contribution in [0, 0.1) is 0 Å². The molecule has 0 atom stereocenters. The second-order valence-corrected chi connectivity index (χ2v) is 15.0. The molecule has 0 unspecified atom stereocenters. The number of hydrogen-bond acceptors (Lipinski definition) is 1. The van der Waals surface area contributed by atoms with E-state index in [-0.39, 0.29) is 10.8 Å². The van der Waals surface area contributed by atoms with Gasteiger partial charge in [0.1, 0.15) is 0 Å². The monoisotopic (exact) mass is 627 g/mol. The van der Waals surface area contributed by atoms with Crippen molar-refractivity contribution in [1.29, 1.82) is 0 Å². The molecule has 1 nitrogen and oxygen atoms in total. The Morgan fingerprint density at radius 3 is 1.73 bits per heavy atom. The van der Waals surface area contributed by atoms with Gasteiger partial charge in [0, 0.05) is 27.8 Å². The van der Waals surface area contributed by atoms with Crippen molar-refractivity contribution in [3.63, 3.8) is 0 Å². The molecule has 0 spiro atoms. The van der Waals surface area contributed by atoms with Crippen molar-refractivity contribution in [2.75, 3.05) is 4.90 Å². The zero-order chi connectivity index (χ0) is 33.1. The van der Waals surface area contributed by atoms with Crippen LogP contribution in [0.1, 0.15) is 49.9 Å². The molecule has 0 heterocycles. The maximum absolute atomic E-state index is 2.52. The molecule has 2 aliphatic rings. The van der Waals surface area contributed by atoms with E-state index in [0.717, 1.165) is 5.69 Å². The summed E-state index contributed by atoms with van der Waals surface area (Å²) in [6.45, 7) is 9.48. The van der Waals surface area contributed by atoms with Gasteiger partial charge in [0.05, 0.1) is 5.69 Å². The van der Waals surface area contributed by atoms with Gasteiger partial charge in [-0.1, -0.05) is 149 Å². The van der Waals surface area contributed by atoms with Crippen LogP contribution in [0.2, 0.25) is 0 Å². The summed E-state index contributed by atoms with van der Waals surface area (Å²) >= 11 is 0. The fourth-order valence-electron chi connectivity index (χ4n) is 9.13. The molecule has 1 heteroatoms. The minimum Gasteiger partial charge on any atom is -0.310 e. The zero-order valence-corrected chi connectivity index (χ0v) is 28.4. The van der Waals surface area contributed by atoms with Crippen LogP contribution in [0.25, 0.3) is 54.6 Å². The smallest absolute Gasteiger partial charge is 0.0543 e. The van der Waals surface area contributed by atoms with Crippen molar-refractivity contribution in [3.8, 4) is 22.3 Å². The molecular formula is C48H37N. The standard InChI is InChI=1S/C48H37N/c1-47(2)42-17-10-8-15-39(42)46-43(47)18-11-19-45(46)49(33-24-27-38-37-14-7-9-16-41(37)48(3,4)44(38)29-33)32-23-20-31-22-25-35-34-13-6-5-12-30(34)21-26-36(35)40(31)28-32/h5-29H,1-4H3. The summed E-state index contributed by atoms with van der Waals surface area (Å²) in [7, 11) is 0. The first-order chi connectivity index (χ1) is 23.8. The lowest BCUT2D eigenvalue weighted by atomic mass is 9.82. The van der Waals surface area contributed by atoms with Gasteiger partial charge in [-0.2, -0.15) is 0 Å². The van der Waals surface area contributed by atoms with Crippen molar-refractivity contribution in [3.05, 3.63) is 174 Å². The number of rotatable bonds is 3. The summed E-state index contributed by atoms with van der Waals surface area (Å²) in [5.74, 6) is 0. The van der Waals surface area contributed by atoms with Gasteiger partial charge in [0.15, 0.2) is 0 Å². The molecular weight excluding hydrogens is 591 g/mol. The number of nitrogens with zero attached hydrogens (tertiary/aromatic N) is 1. The Labute approximate surface area is 288 Å². The average Bonchev–Trinajstić information content (AvgIpc) is 3.51. The van der Waals surface area contributed by atoms with Crippen LogP contribution in [0.4, 0.5) is 17.1 Å². The lowest BCUT2D eigenvalue weighted by Gasteiger charge is -2.30. The maximum Gasteiger partial charge on any atom is 0.0543 e. The quantitative estimate of drug-likeness (QED) is 0.176. The van der Waals surface area contributed by atoms with Gasteiger partial charge in [-0.25, -0.2) is 0 Å². The van der Waals surface area contributed by atoms with Crippen molar-refractivity contribution in [2.45, 2.75) is 38.5 Å². The number of hydrogen-bond donors (Lipinski definition) is 0. The van der Waals surface area contributed by atoms with Crippen LogP contribution in [0.3, 0.4) is 0 Å². The minimum atomic E-state index is -0.0958. The van der Waals surface area contributed by atoms with E-state index in [1.54, 1.807) is 0 Å². The predicted octanol–water partition coefficient (Wildman–Crippen LogP) is 13.2. The molecule has 0 aromatic heterocycles. The third kappa shape index (κ3) is 3.88. The van der Waals surface area contributed by atoms with E-state index < -0.39 is 0 Å². The fraction of sp³-hybridized carbons (Fsp3) is 0.125. The van der Waals surface area contributed by atoms with Crippen LogP contribution in [0.5, 0.6) is 0 Å². The molecule has 8 aromatic rings. The summed E-state index contributed by atoms with van der Waals surface area (Å²) in [6, 6.07) is 56.9. The molecule has 0 saturated carbocycles. The molecule has 0 bridgehead atoms. The normalized spacial score (nSPS) is 14.9. The van der Waals surface area contributed by atoms with Crippen LogP contribution in [-0.2, 0) is 10.8 Å². The highest BCUT2D eigenvalue weighted by molar-refractivity contribution is 6.18. The van der Waals surface area contributed by atoms with E-state index in [1.807, 2.05) is 0 Å². The van der Waals surface area contributed by atoms with Gasteiger partial charge in [0.25, 0.3) is 0 Å². The Morgan fingerprint density at radius 2 is 0.918 bits per heavy atom. The first-order valence-corrected chi connectivity index (χ1v) is 17.4. The molecule has 0 fully saturated rings. The third-order valence-corrected chi connectivity index (χ3v) is 11.6. The lowest BCUT2D eigenvalue weighted by Crippen LogP contribution is -2.17. The lowest BCUT2D eigenvalue weighted by molar-refractivity contribution is 0.660. The zero-order valence-electron chi connectivity index (χ0n) is 28.4. The Hall–Kier alpha value is -5.66. The van der Waals surface area contributed by atoms with Crippen LogP contribution in [-0.4, -0.2) is 0 Å². The van der Waals surface area contributed by atoms with Gasteiger partial charge in [-0.3, -0.25) is 0 Å². The maximum atomic E-state index is 2.52. The summed E-state index contributed by atoms with van der Waals surface area (Å²) < 4.78 is 0. The largest absolute Gasteiger partial charge is 0.310 e. The molecule has 2 aliphatic carbocycles. The molecule has 0 radical (unpaired) electrons. The fourth-order valence-corrected chi connectivity index (χ4v) is 9.13. The first kappa shape index (κ1) is 28.4. The van der Waals surface area contributed by atoms with Crippen molar-refractivity contribution in [2.24, 2.45) is 0 Å². The molecule has 49 heavy (non-hydrogen) atoms. The Balaban J connectivity index is 1.26. The second-order valence-electron chi connectivity index (χ2n) is 15.0. The Morgan fingerprint density at radius 1 is 0.367 bits per heavy atom. The molecule has 0 saturated heterocycles. The summed E-state index contributed by atoms with van der Waals surface area (Å²) in [4.78, 5) is 2.52. The number of anilines is 3. The topological polar surface area (TPSA) is 3.24 Å².